The summed E-state index contributed by atoms with van der Waals surface area (Å²) in [4.78, 5) is 2.33. The molecule has 2 fully saturated rings. The third-order valence-electron chi connectivity index (χ3n) is 3.64. The molecule has 2 heterocycles. The van der Waals surface area contributed by atoms with Crippen molar-refractivity contribution >= 4 is 12.2 Å². The Balaban J connectivity index is 1.82. The first-order valence-electron chi connectivity index (χ1n) is 6.88. The molecule has 5 nitrogen and oxygen atoms in total. The molecule has 19 heavy (non-hydrogen) atoms. The van der Waals surface area contributed by atoms with Crippen molar-refractivity contribution in [2.24, 2.45) is 0 Å². The lowest BCUT2D eigenvalue weighted by Gasteiger charge is -2.26. The Labute approximate surface area is 118 Å². The van der Waals surface area contributed by atoms with Gasteiger partial charge in [0.2, 0.25) is 0 Å². The molecule has 0 bridgehead atoms. The van der Waals surface area contributed by atoms with Gasteiger partial charge in [-0.3, -0.25) is 9.47 Å². The van der Waals surface area contributed by atoms with Crippen LogP contribution in [0.15, 0.2) is 12.7 Å². The fraction of sp³-hybridized carbons (Fsp3) is 0.692. The van der Waals surface area contributed by atoms with Crippen molar-refractivity contribution in [3.05, 3.63) is 23.3 Å². The van der Waals surface area contributed by atoms with Gasteiger partial charge in [0.1, 0.15) is 5.82 Å². The number of morpholine rings is 1. The highest BCUT2D eigenvalue weighted by Crippen LogP contribution is 2.39. The Morgan fingerprint density at radius 2 is 2.11 bits per heavy atom. The molecule has 104 valence electrons. The van der Waals surface area contributed by atoms with Crippen molar-refractivity contribution in [2.75, 3.05) is 26.3 Å². The maximum atomic E-state index is 5.55. The molecule has 1 aromatic rings. The second-order valence-corrected chi connectivity index (χ2v) is 5.55. The largest absolute Gasteiger partial charge is 0.379 e. The number of allylic oxidation sites excluding steroid dienone is 1. The molecule has 0 amide bonds. The van der Waals surface area contributed by atoms with Gasteiger partial charge in [-0.1, -0.05) is 6.08 Å². The molecule has 3 rings (SSSR count). The molecular formula is C13H20N4OS. The predicted octanol–water partition coefficient (Wildman–Crippen LogP) is 1.77. The van der Waals surface area contributed by atoms with E-state index in [2.05, 4.69) is 16.0 Å². The molecule has 2 aliphatic rings. The Morgan fingerprint density at radius 3 is 2.74 bits per heavy atom. The van der Waals surface area contributed by atoms with Crippen molar-refractivity contribution in [3.8, 4) is 0 Å². The summed E-state index contributed by atoms with van der Waals surface area (Å²) < 4.78 is 10.3. The van der Waals surface area contributed by atoms with E-state index in [4.69, 9.17) is 22.1 Å². The van der Waals surface area contributed by atoms with Crippen LogP contribution in [0.4, 0.5) is 0 Å². The summed E-state index contributed by atoms with van der Waals surface area (Å²) >= 11 is 5.55. The topological polar surface area (TPSA) is 35.2 Å². The van der Waals surface area contributed by atoms with Crippen LogP contribution in [0, 0.1) is 4.77 Å². The summed E-state index contributed by atoms with van der Waals surface area (Å²) in [5.74, 6) is 1.74. The highest BCUT2D eigenvalue weighted by Gasteiger charge is 2.30. The molecule has 0 spiro atoms. The van der Waals surface area contributed by atoms with Crippen molar-refractivity contribution in [1.82, 2.24) is 19.2 Å². The van der Waals surface area contributed by atoms with Crippen LogP contribution in [0.2, 0.25) is 0 Å². The lowest BCUT2D eigenvalue weighted by atomic mass is 10.4. The molecule has 0 unspecified atom stereocenters. The monoisotopic (exact) mass is 280 g/mol. The van der Waals surface area contributed by atoms with Gasteiger partial charge in [-0.2, -0.15) is 5.10 Å². The minimum atomic E-state index is 0.604. The zero-order valence-corrected chi connectivity index (χ0v) is 11.9. The fourth-order valence-corrected chi connectivity index (χ4v) is 2.69. The molecule has 0 N–H and O–H groups in total. The van der Waals surface area contributed by atoms with Gasteiger partial charge in [0.15, 0.2) is 4.77 Å². The lowest BCUT2D eigenvalue weighted by molar-refractivity contribution is 0.0209. The average molecular weight is 280 g/mol. The summed E-state index contributed by atoms with van der Waals surface area (Å²) in [6, 6.07) is 0. The standard InChI is InChI=1S/C13H20N4OS/c1-2-5-16-12(11-3-4-11)14-17(13(16)19)10-15-6-8-18-9-7-15/h2,11H,1,3-10H2. The summed E-state index contributed by atoms with van der Waals surface area (Å²) in [6.45, 7) is 8.85. The highest BCUT2D eigenvalue weighted by molar-refractivity contribution is 7.71. The Bertz CT molecular complexity index is 511. The molecule has 1 aromatic heterocycles. The Kier molecular flexibility index (Phi) is 3.81. The zero-order chi connectivity index (χ0) is 13.2. The van der Waals surface area contributed by atoms with Gasteiger partial charge in [-0.05, 0) is 25.1 Å². The van der Waals surface area contributed by atoms with E-state index in [1.807, 2.05) is 10.8 Å². The van der Waals surface area contributed by atoms with Gasteiger partial charge in [-0.15, -0.1) is 6.58 Å². The van der Waals surface area contributed by atoms with Crippen molar-refractivity contribution in [2.45, 2.75) is 32.0 Å². The second kappa shape index (κ2) is 5.56. The number of nitrogens with zero attached hydrogens (tertiary/aromatic N) is 4. The third kappa shape index (κ3) is 2.80. The van der Waals surface area contributed by atoms with Gasteiger partial charge >= 0.3 is 0 Å². The van der Waals surface area contributed by atoms with Gasteiger partial charge in [0, 0.05) is 25.6 Å². The van der Waals surface area contributed by atoms with Crippen LogP contribution < -0.4 is 0 Å². The maximum Gasteiger partial charge on any atom is 0.199 e. The number of ether oxygens (including phenoxy) is 1. The molecule has 0 atom stereocenters. The van der Waals surface area contributed by atoms with Gasteiger partial charge in [-0.25, -0.2) is 4.68 Å². The van der Waals surface area contributed by atoms with E-state index in [0.717, 1.165) is 50.1 Å². The predicted molar refractivity (Wildman–Crippen MR) is 75.6 cm³/mol. The van der Waals surface area contributed by atoms with Crippen LogP contribution in [0.3, 0.4) is 0 Å². The van der Waals surface area contributed by atoms with Crippen LogP contribution in [-0.4, -0.2) is 45.6 Å². The van der Waals surface area contributed by atoms with E-state index in [1.165, 1.54) is 12.8 Å². The third-order valence-corrected chi connectivity index (χ3v) is 4.07. The molecule has 1 aliphatic heterocycles. The van der Waals surface area contributed by atoms with E-state index >= 15 is 0 Å². The van der Waals surface area contributed by atoms with Crippen LogP contribution in [0.25, 0.3) is 0 Å². The molecule has 0 radical (unpaired) electrons. The van der Waals surface area contributed by atoms with E-state index in [-0.39, 0.29) is 0 Å². The number of aromatic nitrogens is 3. The first kappa shape index (κ1) is 13.0. The second-order valence-electron chi connectivity index (χ2n) is 5.19. The smallest absolute Gasteiger partial charge is 0.199 e. The van der Waals surface area contributed by atoms with Crippen LogP contribution >= 0.6 is 12.2 Å². The van der Waals surface area contributed by atoms with Gasteiger partial charge < -0.3 is 4.74 Å². The molecule has 1 saturated carbocycles. The van der Waals surface area contributed by atoms with E-state index < -0.39 is 0 Å². The average Bonchev–Trinajstić information content (AvgIpc) is 3.22. The van der Waals surface area contributed by atoms with Crippen molar-refractivity contribution in [1.29, 1.82) is 0 Å². The number of rotatable bonds is 5. The molecular weight excluding hydrogens is 260 g/mol. The molecule has 1 saturated heterocycles. The molecule has 1 aliphatic carbocycles. The fourth-order valence-electron chi connectivity index (χ4n) is 2.43. The first-order chi connectivity index (χ1) is 9.29. The van der Waals surface area contributed by atoms with Crippen molar-refractivity contribution in [3.63, 3.8) is 0 Å². The summed E-state index contributed by atoms with van der Waals surface area (Å²) in [7, 11) is 0. The SMILES string of the molecule is C=CCn1c(C2CC2)nn(CN2CCOCC2)c1=S. The molecule has 6 heteroatoms. The Morgan fingerprint density at radius 1 is 1.37 bits per heavy atom. The quantitative estimate of drug-likeness (QED) is 0.608. The van der Waals surface area contributed by atoms with E-state index in [1.54, 1.807) is 0 Å². The van der Waals surface area contributed by atoms with E-state index in [9.17, 15) is 0 Å². The first-order valence-corrected chi connectivity index (χ1v) is 7.29. The molecule has 0 aromatic carbocycles. The van der Waals surface area contributed by atoms with Crippen LogP contribution in [-0.2, 0) is 18.0 Å². The number of hydrogen-bond donors (Lipinski definition) is 0. The van der Waals surface area contributed by atoms with Crippen molar-refractivity contribution < 1.29 is 4.74 Å². The van der Waals surface area contributed by atoms with E-state index in [0.29, 0.717) is 5.92 Å². The van der Waals surface area contributed by atoms with Crippen LogP contribution in [0.5, 0.6) is 0 Å². The number of hydrogen-bond acceptors (Lipinski definition) is 4. The minimum Gasteiger partial charge on any atom is -0.379 e. The summed E-state index contributed by atoms with van der Waals surface area (Å²) in [5.41, 5.74) is 0. The maximum absolute atomic E-state index is 5.55. The normalized spacial score (nSPS) is 20.6. The zero-order valence-electron chi connectivity index (χ0n) is 11.1. The Hall–Kier alpha value is -0.980. The van der Waals surface area contributed by atoms with Gasteiger partial charge in [0.05, 0.1) is 19.9 Å². The van der Waals surface area contributed by atoms with Gasteiger partial charge in [0.25, 0.3) is 0 Å². The summed E-state index contributed by atoms with van der Waals surface area (Å²) in [6.07, 6.45) is 4.36. The minimum absolute atomic E-state index is 0.604. The van der Waals surface area contributed by atoms with Crippen LogP contribution in [0.1, 0.15) is 24.6 Å². The lowest BCUT2D eigenvalue weighted by Crippen LogP contribution is -2.37. The highest BCUT2D eigenvalue weighted by atomic mass is 32.1. The summed E-state index contributed by atoms with van der Waals surface area (Å²) in [5, 5.41) is 4.73.